The molecule has 4 nitrogen and oxygen atoms in total. The summed E-state index contributed by atoms with van der Waals surface area (Å²) in [4.78, 5) is 13.3. The molecule has 1 saturated carbocycles. The van der Waals surface area contributed by atoms with Gasteiger partial charge < -0.3 is 13.3 Å². The molecule has 0 aliphatic heterocycles. The van der Waals surface area contributed by atoms with E-state index in [2.05, 4.69) is 13.8 Å². The van der Waals surface area contributed by atoms with E-state index < -0.39 is 22.6 Å². The minimum absolute atomic E-state index is 0.0632. The predicted molar refractivity (Wildman–Crippen MR) is 107 cm³/mol. The van der Waals surface area contributed by atoms with Crippen molar-refractivity contribution >= 4 is 23.6 Å². The van der Waals surface area contributed by atoms with E-state index in [0.717, 1.165) is 24.9 Å². The van der Waals surface area contributed by atoms with Gasteiger partial charge in [0.05, 0.1) is 0 Å². The molecule has 0 heterocycles. The molecule has 0 spiro atoms. The molecule has 1 rings (SSSR count). The van der Waals surface area contributed by atoms with E-state index in [0.29, 0.717) is 12.0 Å². The zero-order valence-electron chi connectivity index (χ0n) is 17.3. The van der Waals surface area contributed by atoms with Crippen LogP contribution in [-0.2, 0) is 18.1 Å². The van der Waals surface area contributed by atoms with E-state index in [1.165, 1.54) is 32.1 Å². The summed E-state index contributed by atoms with van der Waals surface area (Å²) in [7, 11) is -0.509. The number of carbonyl (C=O) groups excluding carboxylic acids is 1. The predicted octanol–water partition coefficient (Wildman–Crippen LogP) is 5.58. The van der Waals surface area contributed by atoms with Crippen molar-refractivity contribution in [3.63, 3.8) is 0 Å². The Kier molecular flexibility index (Phi) is 9.92. The Labute approximate surface area is 158 Å². The first-order chi connectivity index (χ1) is 11.9. The van der Waals surface area contributed by atoms with Crippen molar-refractivity contribution < 1.29 is 18.1 Å². The lowest BCUT2D eigenvalue weighted by Gasteiger charge is -2.42. The first-order valence-electron chi connectivity index (χ1n) is 10.1. The zero-order valence-corrected chi connectivity index (χ0v) is 19.3. The number of hydrogen-bond acceptors (Lipinski definition) is 4. The van der Waals surface area contributed by atoms with E-state index in [1.54, 1.807) is 14.2 Å². The molecule has 1 aliphatic carbocycles. The topological polar surface area (TPSA) is 44.8 Å². The maximum Gasteiger partial charge on any atom is 0.402 e. The van der Waals surface area contributed by atoms with E-state index in [1.807, 2.05) is 13.8 Å². The van der Waals surface area contributed by atoms with Gasteiger partial charge in [-0.15, -0.1) is 0 Å². The fourth-order valence-electron chi connectivity index (χ4n) is 4.40. The van der Waals surface area contributed by atoms with Gasteiger partial charge in [-0.05, 0) is 43.8 Å². The molecular weight excluding hydrogens is 348 g/mol. The van der Waals surface area contributed by atoms with Crippen LogP contribution < -0.4 is 0 Å². The maximum atomic E-state index is 13.3. The summed E-state index contributed by atoms with van der Waals surface area (Å²) in [5.41, 5.74) is 0.631. The molecule has 1 unspecified atom stereocenters. The second-order valence-corrected chi connectivity index (χ2v) is 14.3. The largest absolute Gasteiger partial charge is 0.518 e. The Morgan fingerprint density at radius 2 is 1.56 bits per heavy atom. The molecule has 0 saturated heterocycles. The zero-order chi connectivity index (χ0) is 18.9. The van der Waals surface area contributed by atoms with E-state index in [-0.39, 0.29) is 5.97 Å². The van der Waals surface area contributed by atoms with Gasteiger partial charge in [-0.3, -0.25) is 4.79 Å². The minimum Gasteiger partial charge on any atom is -0.518 e. The molecule has 25 heavy (non-hydrogen) atoms. The molecule has 0 amide bonds. The van der Waals surface area contributed by atoms with Gasteiger partial charge in [0, 0.05) is 14.2 Å². The van der Waals surface area contributed by atoms with E-state index >= 15 is 0 Å². The van der Waals surface area contributed by atoms with Crippen molar-refractivity contribution in [3.8, 4) is 0 Å². The van der Waals surface area contributed by atoms with Crippen LogP contribution in [-0.4, -0.2) is 37.8 Å². The fourth-order valence-corrected chi connectivity index (χ4v) is 11.3. The molecule has 0 aromatic carbocycles. The van der Waals surface area contributed by atoms with E-state index in [4.69, 9.17) is 13.3 Å². The van der Waals surface area contributed by atoms with Crippen LogP contribution in [0.25, 0.3) is 0 Å². The van der Waals surface area contributed by atoms with Crippen LogP contribution in [0, 0.1) is 0 Å². The molecule has 0 aromatic rings. The van der Waals surface area contributed by atoms with Gasteiger partial charge in [-0.1, -0.05) is 52.9 Å². The summed E-state index contributed by atoms with van der Waals surface area (Å²) in [6.07, 6.45) is 9.30. The van der Waals surface area contributed by atoms with Crippen molar-refractivity contribution in [3.05, 3.63) is 0 Å². The molecule has 0 aromatic heterocycles. The lowest BCUT2D eigenvalue weighted by Crippen LogP contribution is -2.50. The molecule has 6 heteroatoms. The average molecular weight is 388 g/mol. The lowest BCUT2D eigenvalue weighted by atomic mass is 10.0. The Balaban J connectivity index is 3.10. The van der Waals surface area contributed by atoms with Crippen LogP contribution in [0.1, 0.15) is 79.1 Å². The third-order valence-corrected chi connectivity index (χ3v) is 13.5. The van der Waals surface area contributed by atoms with Gasteiger partial charge in [0.25, 0.3) is 14.3 Å². The highest BCUT2D eigenvalue weighted by molar-refractivity contribution is 6.77. The van der Waals surface area contributed by atoms with Crippen LogP contribution in [0.3, 0.4) is 0 Å². The lowest BCUT2D eigenvalue weighted by molar-refractivity contribution is -0.139. The molecule has 0 bridgehead atoms. The van der Waals surface area contributed by atoms with Crippen molar-refractivity contribution in [2.45, 2.75) is 102 Å². The first-order valence-corrected chi connectivity index (χ1v) is 13.8. The Morgan fingerprint density at radius 3 is 1.96 bits per heavy atom. The van der Waals surface area contributed by atoms with Crippen molar-refractivity contribution in [1.29, 1.82) is 0 Å². The summed E-state index contributed by atoms with van der Waals surface area (Å²) in [5.74, 6) is -0.0632. The third-order valence-electron chi connectivity index (χ3n) is 5.97. The van der Waals surface area contributed by atoms with Crippen molar-refractivity contribution in [2.24, 2.45) is 0 Å². The van der Waals surface area contributed by atoms with Crippen LogP contribution in [0.15, 0.2) is 0 Å². The molecule has 1 aliphatic rings. The Bertz CT molecular complexity index is 389. The average Bonchev–Trinajstić information content (AvgIpc) is 2.63. The number of hydrogen-bond donors (Lipinski definition) is 0. The summed E-state index contributed by atoms with van der Waals surface area (Å²) in [5, 5.41) is -0.650. The van der Waals surface area contributed by atoms with Gasteiger partial charge in [0.1, 0.15) is 5.04 Å². The summed E-state index contributed by atoms with van der Waals surface area (Å²) < 4.78 is 17.7. The first kappa shape index (κ1) is 22.9. The molecule has 147 valence electrons. The van der Waals surface area contributed by atoms with Crippen LogP contribution >= 0.6 is 0 Å². The SMILES string of the molecule is CCC[Si](CCC)(OC(=O)C(C)(CC)[Si](OC)OC)C1CCCCC1. The molecule has 1 radical (unpaired) electrons. The smallest absolute Gasteiger partial charge is 0.402 e. The van der Waals surface area contributed by atoms with Crippen LogP contribution in [0.2, 0.25) is 22.7 Å². The highest BCUT2D eigenvalue weighted by Crippen LogP contribution is 2.46. The quantitative estimate of drug-likeness (QED) is 0.434. The highest BCUT2D eigenvalue weighted by atomic mass is 28.4. The normalized spacial score (nSPS) is 19.0. The van der Waals surface area contributed by atoms with Crippen molar-refractivity contribution in [1.82, 2.24) is 0 Å². The Hall–Kier alpha value is -0.176. The van der Waals surface area contributed by atoms with Gasteiger partial charge in [-0.2, -0.15) is 0 Å². The van der Waals surface area contributed by atoms with Crippen LogP contribution in [0.4, 0.5) is 0 Å². The molecule has 1 atom stereocenters. The minimum atomic E-state index is -2.10. The standard InChI is InChI=1S/C19H39O4Si2/c1-7-15-25(16-8-2,17-13-11-10-12-14-17)23-18(20)19(4,9-3)24(21-5)22-6/h17H,7-16H2,1-6H3. The Morgan fingerprint density at radius 1 is 1.04 bits per heavy atom. The fraction of sp³-hybridized carbons (Fsp3) is 0.947. The second-order valence-electron chi connectivity index (χ2n) is 7.67. The summed E-state index contributed by atoms with van der Waals surface area (Å²) >= 11 is 0. The van der Waals surface area contributed by atoms with E-state index in [9.17, 15) is 4.79 Å². The van der Waals surface area contributed by atoms with Crippen LogP contribution in [0.5, 0.6) is 0 Å². The number of rotatable bonds is 11. The second kappa shape index (κ2) is 10.8. The summed E-state index contributed by atoms with van der Waals surface area (Å²) in [6.45, 7) is 8.46. The van der Waals surface area contributed by atoms with Gasteiger partial charge in [0.15, 0.2) is 0 Å². The molecule has 0 N–H and O–H groups in total. The van der Waals surface area contributed by atoms with Crippen molar-refractivity contribution in [2.75, 3.05) is 14.2 Å². The monoisotopic (exact) mass is 387 g/mol. The van der Waals surface area contributed by atoms with Gasteiger partial charge >= 0.3 is 9.28 Å². The van der Waals surface area contributed by atoms with Gasteiger partial charge in [0.2, 0.25) is 0 Å². The van der Waals surface area contributed by atoms with Gasteiger partial charge in [-0.25, -0.2) is 0 Å². The highest BCUT2D eigenvalue weighted by Gasteiger charge is 2.52. The number of carbonyl (C=O) groups is 1. The maximum absolute atomic E-state index is 13.3. The molecular formula is C19H39O4Si2. The third kappa shape index (κ3) is 5.40. The molecule has 1 fully saturated rings. The summed E-state index contributed by atoms with van der Waals surface area (Å²) in [6, 6.07) is 2.19.